The van der Waals surface area contributed by atoms with Crippen LogP contribution in [0.15, 0.2) is 0 Å². The Kier molecular flexibility index (Phi) is 6.98. The molecule has 0 spiro atoms. The Morgan fingerprint density at radius 1 is 1.69 bits per heavy atom. The molecule has 13 heavy (non-hydrogen) atoms. The van der Waals surface area contributed by atoms with Gasteiger partial charge in [-0.25, -0.2) is 0 Å². The van der Waals surface area contributed by atoms with Gasteiger partial charge in [0.2, 0.25) is 5.91 Å². The summed E-state index contributed by atoms with van der Waals surface area (Å²) in [5, 5.41) is 2.66. The van der Waals surface area contributed by atoms with E-state index in [0.29, 0.717) is 13.0 Å². The zero-order valence-corrected chi connectivity index (χ0v) is 8.09. The number of methoxy groups -OCH3 is 1. The van der Waals surface area contributed by atoms with Crippen molar-refractivity contribution < 1.29 is 9.53 Å². The standard InChI is InChI=1S/C9H16N2O2/c1-3-4-5-6-11-9(12)8(10)7-13-2/h8H,5-7,10H2,1-2H3,(H,11,12). The second-order valence-corrected chi connectivity index (χ2v) is 2.53. The molecule has 0 aliphatic rings. The third-order valence-electron chi connectivity index (χ3n) is 1.41. The van der Waals surface area contributed by atoms with Crippen LogP contribution in [-0.4, -0.2) is 32.2 Å². The minimum absolute atomic E-state index is 0.195. The van der Waals surface area contributed by atoms with Crippen molar-refractivity contribution in [2.75, 3.05) is 20.3 Å². The molecule has 4 nitrogen and oxygen atoms in total. The van der Waals surface area contributed by atoms with Crippen LogP contribution in [0.25, 0.3) is 0 Å². The summed E-state index contributed by atoms with van der Waals surface area (Å²) in [6.07, 6.45) is 0.655. The Morgan fingerprint density at radius 3 is 2.92 bits per heavy atom. The molecule has 1 amide bonds. The van der Waals surface area contributed by atoms with Crippen molar-refractivity contribution in [1.29, 1.82) is 0 Å². The topological polar surface area (TPSA) is 64.4 Å². The molecule has 0 rings (SSSR count). The number of rotatable bonds is 5. The predicted molar refractivity (Wildman–Crippen MR) is 50.9 cm³/mol. The number of hydrogen-bond acceptors (Lipinski definition) is 3. The van der Waals surface area contributed by atoms with E-state index in [1.165, 1.54) is 7.11 Å². The molecule has 74 valence electrons. The second kappa shape index (κ2) is 7.59. The zero-order valence-electron chi connectivity index (χ0n) is 8.09. The summed E-state index contributed by atoms with van der Waals surface area (Å²) in [7, 11) is 1.51. The van der Waals surface area contributed by atoms with Gasteiger partial charge in [-0.1, -0.05) is 0 Å². The number of nitrogens with one attached hydrogen (secondary N) is 1. The van der Waals surface area contributed by atoms with Crippen molar-refractivity contribution >= 4 is 5.91 Å². The molecule has 0 saturated carbocycles. The van der Waals surface area contributed by atoms with Gasteiger partial charge in [-0.05, 0) is 6.92 Å². The van der Waals surface area contributed by atoms with E-state index >= 15 is 0 Å². The molecular weight excluding hydrogens is 168 g/mol. The van der Waals surface area contributed by atoms with Crippen LogP contribution in [-0.2, 0) is 9.53 Å². The lowest BCUT2D eigenvalue weighted by Crippen LogP contribution is -2.43. The number of ether oxygens (including phenoxy) is 1. The molecule has 1 atom stereocenters. The molecule has 0 aliphatic carbocycles. The highest BCUT2D eigenvalue weighted by molar-refractivity contribution is 5.81. The van der Waals surface area contributed by atoms with Crippen molar-refractivity contribution in [1.82, 2.24) is 5.32 Å². The first-order chi connectivity index (χ1) is 6.22. The number of nitrogens with two attached hydrogens (primary N) is 1. The van der Waals surface area contributed by atoms with Crippen LogP contribution in [0.1, 0.15) is 13.3 Å². The van der Waals surface area contributed by atoms with Crippen molar-refractivity contribution in [2.24, 2.45) is 5.73 Å². The molecular formula is C9H16N2O2. The fourth-order valence-electron chi connectivity index (χ4n) is 0.760. The van der Waals surface area contributed by atoms with Gasteiger partial charge in [-0.2, -0.15) is 0 Å². The maximum absolute atomic E-state index is 11.1. The summed E-state index contributed by atoms with van der Waals surface area (Å²) in [5.41, 5.74) is 5.47. The average Bonchev–Trinajstić information content (AvgIpc) is 2.12. The van der Waals surface area contributed by atoms with Crippen LogP contribution < -0.4 is 11.1 Å². The zero-order chi connectivity index (χ0) is 10.1. The molecule has 0 saturated heterocycles. The second-order valence-electron chi connectivity index (χ2n) is 2.53. The largest absolute Gasteiger partial charge is 0.383 e. The Morgan fingerprint density at radius 2 is 2.38 bits per heavy atom. The van der Waals surface area contributed by atoms with E-state index in [1.807, 2.05) is 0 Å². The Balaban J connectivity index is 3.53. The Hall–Kier alpha value is -1.05. The van der Waals surface area contributed by atoms with Gasteiger partial charge in [-0.15, -0.1) is 11.8 Å². The van der Waals surface area contributed by atoms with E-state index in [0.717, 1.165) is 0 Å². The van der Waals surface area contributed by atoms with Gasteiger partial charge in [0.1, 0.15) is 6.04 Å². The molecule has 0 radical (unpaired) electrons. The predicted octanol–water partition coefficient (Wildman–Crippen LogP) is -0.510. The van der Waals surface area contributed by atoms with Gasteiger partial charge in [0.25, 0.3) is 0 Å². The number of amides is 1. The van der Waals surface area contributed by atoms with E-state index in [4.69, 9.17) is 10.5 Å². The number of carbonyl (C=O) groups excluding carboxylic acids is 1. The molecule has 0 fully saturated rings. The molecule has 4 heteroatoms. The lowest BCUT2D eigenvalue weighted by molar-refractivity contribution is -0.123. The number of hydrogen-bond donors (Lipinski definition) is 2. The monoisotopic (exact) mass is 184 g/mol. The average molecular weight is 184 g/mol. The van der Waals surface area contributed by atoms with Gasteiger partial charge in [-0.3, -0.25) is 4.79 Å². The molecule has 0 aromatic heterocycles. The van der Waals surface area contributed by atoms with E-state index in [9.17, 15) is 4.79 Å². The molecule has 0 bridgehead atoms. The normalized spacial score (nSPS) is 11.3. The fourth-order valence-corrected chi connectivity index (χ4v) is 0.760. The lowest BCUT2D eigenvalue weighted by atomic mass is 10.3. The van der Waals surface area contributed by atoms with Gasteiger partial charge in [0.05, 0.1) is 6.61 Å². The quantitative estimate of drug-likeness (QED) is 0.447. The highest BCUT2D eigenvalue weighted by Gasteiger charge is 2.11. The summed E-state index contributed by atoms with van der Waals surface area (Å²) in [6, 6.07) is -0.584. The van der Waals surface area contributed by atoms with Crippen LogP contribution in [0.2, 0.25) is 0 Å². The van der Waals surface area contributed by atoms with Crippen molar-refractivity contribution in [3.63, 3.8) is 0 Å². The third-order valence-corrected chi connectivity index (χ3v) is 1.41. The van der Waals surface area contributed by atoms with E-state index < -0.39 is 6.04 Å². The molecule has 0 aromatic carbocycles. The first kappa shape index (κ1) is 11.9. The van der Waals surface area contributed by atoms with Crippen molar-refractivity contribution in [3.8, 4) is 11.8 Å². The van der Waals surface area contributed by atoms with Gasteiger partial charge < -0.3 is 15.8 Å². The van der Waals surface area contributed by atoms with Crippen LogP contribution >= 0.6 is 0 Å². The van der Waals surface area contributed by atoms with Crippen molar-refractivity contribution in [3.05, 3.63) is 0 Å². The molecule has 3 N–H and O–H groups in total. The maximum Gasteiger partial charge on any atom is 0.239 e. The maximum atomic E-state index is 11.1. The van der Waals surface area contributed by atoms with Gasteiger partial charge in [0, 0.05) is 20.1 Å². The minimum Gasteiger partial charge on any atom is -0.383 e. The summed E-state index contributed by atoms with van der Waals surface area (Å²) in [5.74, 6) is 5.38. The Labute approximate surface area is 78.8 Å². The van der Waals surface area contributed by atoms with E-state index in [2.05, 4.69) is 17.2 Å². The van der Waals surface area contributed by atoms with Crippen LogP contribution in [0.5, 0.6) is 0 Å². The summed E-state index contributed by atoms with van der Waals surface area (Å²) in [4.78, 5) is 11.1. The van der Waals surface area contributed by atoms with Crippen LogP contribution in [0, 0.1) is 11.8 Å². The van der Waals surface area contributed by atoms with Crippen LogP contribution in [0.3, 0.4) is 0 Å². The molecule has 0 aromatic rings. The van der Waals surface area contributed by atoms with Crippen molar-refractivity contribution in [2.45, 2.75) is 19.4 Å². The summed E-state index contributed by atoms with van der Waals surface area (Å²) in [6.45, 7) is 2.54. The summed E-state index contributed by atoms with van der Waals surface area (Å²) >= 11 is 0. The summed E-state index contributed by atoms with van der Waals surface area (Å²) < 4.78 is 4.74. The smallest absolute Gasteiger partial charge is 0.239 e. The van der Waals surface area contributed by atoms with E-state index in [1.54, 1.807) is 6.92 Å². The highest BCUT2D eigenvalue weighted by Crippen LogP contribution is 1.81. The first-order valence-electron chi connectivity index (χ1n) is 4.14. The first-order valence-corrected chi connectivity index (χ1v) is 4.14. The SMILES string of the molecule is CC#CCCNC(=O)C(N)COC. The van der Waals surface area contributed by atoms with E-state index in [-0.39, 0.29) is 12.5 Å². The molecule has 0 aliphatic heterocycles. The van der Waals surface area contributed by atoms with Gasteiger partial charge in [0.15, 0.2) is 0 Å². The Bertz CT molecular complexity index is 205. The molecule has 0 heterocycles. The van der Waals surface area contributed by atoms with Gasteiger partial charge >= 0.3 is 0 Å². The number of carbonyl (C=O) groups is 1. The minimum atomic E-state index is -0.584. The molecule has 1 unspecified atom stereocenters. The third kappa shape index (κ3) is 6.14. The highest BCUT2D eigenvalue weighted by atomic mass is 16.5. The van der Waals surface area contributed by atoms with Crippen LogP contribution in [0.4, 0.5) is 0 Å². The lowest BCUT2D eigenvalue weighted by Gasteiger charge is -2.09. The fraction of sp³-hybridized carbons (Fsp3) is 0.667.